The molecule has 0 unspecified atom stereocenters. The molecule has 5 heteroatoms. The van der Waals surface area contributed by atoms with E-state index < -0.39 is 0 Å². The Balaban J connectivity index is 2.28. The molecule has 0 saturated carbocycles. The number of hydrogen-bond acceptors (Lipinski definition) is 5. The van der Waals surface area contributed by atoms with Gasteiger partial charge in [0.15, 0.2) is 5.52 Å². The van der Waals surface area contributed by atoms with Crippen molar-refractivity contribution in [2.24, 2.45) is 0 Å². The number of fused-ring (bicyclic) bond motifs is 1. The van der Waals surface area contributed by atoms with E-state index in [9.17, 15) is 9.90 Å². The van der Waals surface area contributed by atoms with Gasteiger partial charge in [0.05, 0.1) is 0 Å². The summed E-state index contributed by atoms with van der Waals surface area (Å²) >= 11 is 0. The van der Waals surface area contributed by atoms with Crippen molar-refractivity contribution in [3.63, 3.8) is 0 Å². The van der Waals surface area contributed by atoms with Crippen LogP contribution in [0.4, 0.5) is 0 Å². The highest BCUT2D eigenvalue weighted by molar-refractivity contribution is 5.71. The zero-order valence-electron chi connectivity index (χ0n) is 9.20. The Morgan fingerprint density at radius 1 is 1.11 bits per heavy atom. The summed E-state index contributed by atoms with van der Waals surface area (Å²) in [6.45, 7) is 0. The number of rotatable bonds is 1. The summed E-state index contributed by atoms with van der Waals surface area (Å²) in [5, 5.41) is 9.41. The maximum Gasteiger partial charge on any atom is 0.249 e. The molecule has 0 aliphatic carbocycles. The molecule has 0 aliphatic heterocycles. The average molecular weight is 240 g/mol. The van der Waals surface area contributed by atoms with E-state index in [1.807, 2.05) is 0 Å². The minimum absolute atomic E-state index is 0.106. The molecule has 0 fully saturated rings. The van der Waals surface area contributed by atoms with E-state index in [-0.39, 0.29) is 22.4 Å². The van der Waals surface area contributed by atoms with Gasteiger partial charge in [0, 0.05) is 24.0 Å². The Hall–Kier alpha value is -2.69. The summed E-state index contributed by atoms with van der Waals surface area (Å²) in [5.41, 5.74) is 0.729. The smallest absolute Gasteiger partial charge is 0.249 e. The number of benzene rings is 1. The van der Waals surface area contributed by atoms with Crippen LogP contribution in [0.5, 0.6) is 5.75 Å². The van der Waals surface area contributed by atoms with E-state index in [0.717, 1.165) is 0 Å². The molecule has 18 heavy (non-hydrogen) atoms. The standard InChI is InChI=1S/C13H8N2O3/c16-9-3-1-2-8(6-9)11-7-10(17)12-13(18-11)15-5-4-14-12/h1-7,16H. The highest BCUT2D eigenvalue weighted by Crippen LogP contribution is 2.23. The van der Waals surface area contributed by atoms with E-state index in [0.29, 0.717) is 11.3 Å². The maximum atomic E-state index is 11.8. The molecule has 0 saturated heterocycles. The lowest BCUT2D eigenvalue weighted by atomic mass is 10.1. The lowest BCUT2D eigenvalue weighted by molar-refractivity contribution is 0.475. The third-order valence-electron chi connectivity index (χ3n) is 2.50. The Morgan fingerprint density at radius 2 is 1.94 bits per heavy atom. The second-order valence-corrected chi connectivity index (χ2v) is 3.74. The largest absolute Gasteiger partial charge is 0.508 e. The van der Waals surface area contributed by atoms with Crippen molar-refractivity contribution < 1.29 is 9.52 Å². The number of nitrogens with zero attached hydrogens (tertiary/aromatic N) is 2. The van der Waals surface area contributed by atoms with Crippen molar-refractivity contribution >= 4 is 11.2 Å². The van der Waals surface area contributed by atoms with E-state index >= 15 is 0 Å². The second kappa shape index (κ2) is 3.96. The fraction of sp³-hybridized carbons (Fsp3) is 0. The molecule has 1 N–H and O–H groups in total. The number of aromatic hydroxyl groups is 1. The van der Waals surface area contributed by atoms with Crippen LogP contribution < -0.4 is 5.43 Å². The molecule has 1 aromatic carbocycles. The summed E-state index contributed by atoms with van der Waals surface area (Å²) in [6.07, 6.45) is 2.89. The second-order valence-electron chi connectivity index (χ2n) is 3.74. The quantitative estimate of drug-likeness (QED) is 0.703. The van der Waals surface area contributed by atoms with Gasteiger partial charge in [-0.05, 0) is 12.1 Å². The van der Waals surface area contributed by atoms with Crippen molar-refractivity contribution in [1.82, 2.24) is 9.97 Å². The number of hydrogen-bond donors (Lipinski definition) is 1. The van der Waals surface area contributed by atoms with Gasteiger partial charge in [0.1, 0.15) is 11.5 Å². The SMILES string of the molecule is O=c1cc(-c2cccc(O)c2)oc2nccnc12. The first-order valence-electron chi connectivity index (χ1n) is 5.28. The van der Waals surface area contributed by atoms with Crippen molar-refractivity contribution in [2.45, 2.75) is 0 Å². The Kier molecular flexibility index (Phi) is 2.30. The van der Waals surface area contributed by atoms with Crippen LogP contribution in [-0.2, 0) is 0 Å². The summed E-state index contributed by atoms with van der Waals surface area (Å²) in [5.74, 6) is 0.457. The summed E-state index contributed by atoms with van der Waals surface area (Å²) in [6, 6.07) is 7.81. The molecule has 3 aromatic rings. The average Bonchev–Trinajstić information content (AvgIpc) is 2.39. The topological polar surface area (TPSA) is 76.2 Å². The highest BCUT2D eigenvalue weighted by atomic mass is 16.3. The van der Waals surface area contributed by atoms with Gasteiger partial charge < -0.3 is 9.52 Å². The van der Waals surface area contributed by atoms with Gasteiger partial charge in [-0.2, -0.15) is 0 Å². The minimum atomic E-state index is -0.261. The zero-order chi connectivity index (χ0) is 12.5. The summed E-state index contributed by atoms with van der Waals surface area (Å²) in [7, 11) is 0. The lowest BCUT2D eigenvalue weighted by Crippen LogP contribution is -2.03. The first-order chi connectivity index (χ1) is 8.74. The van der Waals surface area contributed by atoms with Crippen molar-refractivity contribution in [1.29, 1.82) is 0 Å². The molecule has 0 bridgehead atoms. The predicted octanol–water partition coefficient (Wildman–Crippen LogP) is 1.96. The number of aromatic nitrogens is 2. The predicted molar refractivity (Wildman–Crippen MR) is 65.2 cm³/mol. The molecule has 0 aliphatic rings. The van der Waals surface area contributed by atoms with Gasteiger partial charge in [-0.1, -0.05) is 12.1 Å². The van der Waals surface area contributed by atoms with Gasteiger partial charge >= 0.3 is 0 Å². The molecule has 2 aromatic heterocycles. The van der Waals surface area contributed by atoms with Crippen molar-refractivity contribution in [3.05, 3.63) is 52.9 Å². The fourth-order valence-electron chi connectivity index (χ4n) is 1.69. The van der Waals surface area contributed by atoms with Crippen LogP contribution in [0.2, 0.25) is 0 Å². The van der Waals surface area contributed by atoms with Crippen LogP contribution in [0, 0.1) is 0 Å². The number of phenols is 1. The van der Waals surface area contributed by atoms with Crippen LogP contribution in [0.3, 0.4) is 0 Å². The first kappa shape index (κ1) is 10.5. The Morgan fingerprint density at radius 3 is 2.78 bits per heavy atom. The maximum absolute atomic E-state index is 11.8. The minimum Gasteiger partial charge on any atom is -0.508 e. The van der Waals surface area contributed by atoms with Gasteiger partial charge in [0.25, 0.3) is 0 Å². The Labute approximate surface area is 101 Å². The van der Waals surface area contributed by atoms with Crippen LogP contribution in [-0.4, -0.2) is 15.1 Å². The van der Waals surface area contributed by atoms with Gasteiger partial charge in [0.2, 0.25) is 11.1 Å². The van der Waals surface area contributed by atoms with Crippen LogP contribution in [0.1, 0.15) is 0 Å². The lowest BCUT2D eigenvalue weighted by Gasteiger charge is -2.02. The Bertz CT molecular complexity index is 780. The third-order valence-corrected chi connectivity index (χ3v) is 2.50. The number of phenolic OH excluding ortho intramolecular Hbond substituents is 1. The van der Waals surface area contributed by atoms with Crippen molar-refractivity contribution in [3.8, 4) is 17.1 Å². The van der Waals surface area contributed by atoms with Gasteiger partial charge in [-0.25, -0.2) is 9.97 Å². The highest BCUT2D eigenvalue weighted by Gasteiger charge is 2.08. The zero-order valence-corrected chi connectivity index (χ0v) is 9.20. The molecule has 0 atom stereocenters. The monoisotopic (exact) mass is 240 g/mol. The van der Waals surface area contributed by atoms with Crippen LogP contribution in [0.15, 0.2) is 51.9 Å². The molecule has 3 rings (SSSR count). The summed E-state index contributed by atoms with van der Waals surface area (Å²) in [4.78, 5) is 19.7. The molecular weight excluding hydrogens is 232 g/mol. The van der Waals surface area contributed by atoms with E-state index in [1.165, 1.54) is 24.5 Å². The molecule has 0 amide bonds. The van der Waals surface area contributed by atoms with E-state index in [2.05, 4.69) is 9.97 Å². The van der Waals surface area contributed by atoms with E-state index in [1.54, 1.807) is 18.2 Å². The molecular formula is C13H8N2O3. The molecule has 0 spiro atoms. The first-order valence-corrected chi connectivity index (χ1v) is 5.28. The molecule has 2 heterocycles. The van der Waals surface area contributed by atoms with Crippen LogP contribution in [0.25, 0.3) is 22.6 Å². The normalized spacial score (nSPS) is 10.7. The van der Waals surface area contributed by atoms with Gasteiger partial charge in [-0.15, -0.1) is 0 Å². The van der Waals surface area contributed by atoms with Crippen molar-refractivity contribution in [2.75, 3.05) is 0 Å². The fourth-order valence-corrected chi connectivity index (χ4v) is 1.69. The van der Waals surface area contributed by atoms with Gasteiger partial charge in [-0.3, -0.25) is 4.79 Å². The third kappa shape index (κ3) is 1.71. The molecule has 88 valence electrons. The molecule has 0 radical (unpaired) electrons. The molecule has 5 nitrogen and oxygen atoms in total. The summed E-state index contributed by atoms with van der Waals surface area (Å²) < 4.78 is 5.50. The van der Waals surface area contributed by atoms with Crippen LogP contribution >= 0.6 is 0 Å². The van der Waals surface area contributed by atoms with E-state index in [4.69, 9.17) is 4.42 Å².